The van der Waals surface area contributed by atoms with Crippen LogP contribution >= 0.6 is 11.3 Å². The van der Waals surface area contributed by atoms with Crippen molar-refractivity contribution in [2.45, 2.75) is 19.3 Å². The number of nitrogens with zero attached hydrogens (tertiary/aromatic N) is 2. The van der Waals surface area contributed by atoms with Crippen LogP contribution < -0.4 is 4.90 Å². The Morgan fingerprint density at radius 2 is 2.24 bits per heavy atom. The Bertz CT molecular complexity index is 921. The molecule has 0 spiro atoms. The zero-order chi connectivity index (χ0) is 17.4. The molecule has 4 rings (SSSR count). The molecule has 128 valence electrons. The number of carbonyl (C=O) groups is 1. The summed E-state index contributed by atoms with van der Waals surface area (Å²) in [5.74, 6) is -0.843. The SMILES string of the molecule is O=C(Cc1csc(-c2ccco2)n1)N1CCCc2c(F)cc(F)cc21. The van der Waals surface area contributed by atoms with E-state index in [2.05, 4.69) is 4.98 Å². The topological polar surface area (TPSA) is 46.3 Å². The minimum Gasteiger partial charge on any atom is -0.462 e. The second kappa shape index (κ2) is 6.40. The van der Waals surface area contributed by atoms with Gasteiger partial charge in [0.25, 0.3) is 0 Å². The number of benzene rings is 1. The van der Waals surface area contributed by atoms with E-state index in [0.29, 0.717) is 47.1 Å². The van der Waals surface area contributed by atoms with Gasteiger partial charge in [-0.2, -0.15) is 0 Å². The number of anilines is 1. The first-order valence-corrected chi connectivity index (χ1v) is 8.76. The highest BCUT2D eigenvalue weighted by atomic mass is 32.1. The van der Waals surface area contributed by atoms with E-state index in [0.717, 1.165) is 6.07 Å². The van der Waals surface area contributed by atoms with Crippen molar-refractivity contribution < 1.29 is 18.0 Å². The zero-order valence-corrected chi connectivity index (χ0v) is 14.0. The van der Waals surface area contributed by atoms with Gasteiger partial charge in [0.05, 0.1) is 24.1 Å². The molecule has 0 saturated carbocycles. The predicted octanol–water partition coefficient (Wildman–Crippen LogP) is 4.20. The molecule has 1 aromatic carbocycles. The molecule has 3 aromatic rings. The van der Waals surface area contributed by atoms with E-state index in [9.17, 15) is 13.6 Å². The quantitative estimate of drug-likeness (QED) is 0.703. The predicted molar refractivity (Wildman–Crippen MR) is 90.6 cm³/mol. The van der Waals surface area contributed by atoms with Crippen molar-refractivity contribution in [3.05, 3.63) is 58.8 Å². The first kappa shape index (κ1) is 16.0. The van der Waals surface area contributed by atoms with Crippen LogP contribution in [0.5, 0.6) is 0 Å². The van der Waals surface area contributed by atoms with E-state index in [1.807, 2.05) is 0 Å². The van der Waals surface area contributed by atoms with Gasteiger partial charge in [-0.3, -0.25) is 4.79 Å². The number of hydrogen-bond donors (Lipinski definition) is 0. The number of thiazole rings is 1. The number of fused-ring (bicyclic) bond motifs is 1. The molecule has 0 fully saturated rings. The molecule has 0 N–H and O–H groups in total. The van der Waals surface area contributed by atoms with Crippen LogP contribution in [0, 0.1) is 11.6 Å². The van der Waals surface area contributed by atoms with Crippen molar-refractivity contribution >= 4 is 22.9 Å². The van der Waals surface area contributed by atoms with Gasteiger partial charge in [0, 0.05) is 23.6 Å². The summed E-state index contributed by atoms with van der Waals surface area (Å²) < 4.78 is 32.8. The van der Waals surface area contributed by atoms with Crippen LogP contribution in [-0.2, 0) is 17.6 Å². The van der Waals surface area contributed by atoms with Crippen molar-refractivity contribution in [1.82, 2.24) is 4.98 Å². The Labute approximate surface area is 146 Å². The van der Waals surface area contributed by atoms with Crippen LogP contribution in [0.15, 0.2) is 40.3 Å². The van der Waals surface area contributed by atoms with Crippen LogP contribution in [-0.4, -0.2) is 17.4 Å². The van der Waals surface area contributed by atoms with Gasteiger partial charge in [0.2, 0.25) is 5.91 Å². The number of amides is 1. The number of rotatable bonds is 3. The minimum atomic E-state index is -0.676. The molecule has 0 saturated heterocycles. The molecule has 1 amide bonds. The van der Waals surface area contributed by atoms with Crippen molar-refractivity contribution in [3.8, 4) is 10.8 Å². The summed E-state index contributed by atoms with van der Waals surface area (Å²) >= 11 is 1.39. The van der Waals surface area contributed by atoms with Crippen molar-refractivity contribution in [3.63, 3.8) is 0 Å². The summed E-state index contributed by atoms with van der Waals surface area (Å²) in [6.07, 6.45) is 2.80. The van der Waals surface area contributed by atoms with Gasteiger partial charge in [0.1, 0.15) is 11.6 Å². The van der Waals surface area contributed by atoms with Gasteiger partial charge in [-0.05, 0) is 31.0 Å². The molecule has 0 unspecified atom stereocenters. The second-order valence-corrected chi connectivity index (χ2v) is 6.69. The highest BCUT2D eigenvalue weighted by Crippen LogP contribution is 2.31. The molecule has 25 heavy (non-hydrogen) atoms. The molecule has 0 atom stereocenters. The first-order valence-electron chi connectivity index (χ1n) is 7.88. The maximum Gasteiger partial charge on any atom is 0.233 e. The highest BCUT2D eigenvalue weighted by molar-refractivity contribution is 7.13. The van der Waals surface area contributed by atoms with Crippen LogP contribution in [0.25, 0.3) is 10.8 Å². The molecular weight excluding hydrogens is 346 g/mol. The number of hydrogen-bond acceptors (Lipinski definition) is 4. The maximum absolute atomic E-state index is 14.0. The van der Waals surface area contributed by atoms with Crippen LogP contribution in [0.1, 0.15) is 17.7 Å². The standard InChI is InChI=1S/C18H14F2N2O2S/c19-11-7-14(20)13-3-1-5-22(15(13)8-11)17(23)9-12-10-25-18(21-12)16-4-2-6-24-16/h2,4,6-8,10H,1,3,5,9H2. The molecule has 7 heteroatoms. The lowest BCUT2D eigenvalue weighted by Gasteiger charge is -2.29. The summed E-state index contributed by atoms with van der Waals surface area (Å²) in [6.45, 7) is 0.448. The van der Waals surface area contributed by atoms with Crippen molar-refractivity contribution in [1.29, 1.82) is 0 Å². The fourth-order valence-electron chi connectivity index (χ4n) is 3.02. The number of furan rings is 1. The summed E-state index contributed by atoms with van der Waals surface area (Å²) in [4.78, 5) is 18.5. The van der Waals surface area contributed by atoms with Crippen LogP contribution in [0.2, 0.25) is 0 Å². The summed E-state index contributed by atoms with van der Waals surface area (Å²) in [5, 5.41) is 2.50. The average molecular weight is 360 g/mol. The van der Waals surface area contributed by atoms with Gasteiger partial charge >= 0.3 is 0 Å². The van der Waals surface area contributed by atoms with Gasteiger partial charge < -0.3 is 9.32 Å². The molecule has 1 aliphatic rings. The van der Waals surface area contributed by atoms with Crippen molar-refractivity contribution in [2.75, 3.05) is 11.4 Å². The fourth-order valence-corrected chi connectivity index (χ4v) is 3.81. The van der Waals surface area contributed by atoms with E-state index < -0.39 is 11.6 Å². The van der Waals surface area contributed by atoms with Crippen molar-refractivity contribution in [2.24, 2.45) is 0 Å². The number of carbonyl (C=O) groups excluding carboxylic acids is 1. The monoisotopic (exact) mass is 360 g/mol. The van der Waals surface area contributed by atoms with E-state index in [4.69, 9.17) is 4.42 Å². The summed E-state index contributed by atoms with van der Waals surface area (Å²) in [6, 6.07) is 5.67. The maximum atomic E-state index is 14.0. The molecule has 0 aliphatic carbocycles. The lowest BCUT2D eigenvalue weighted by molar-refractivity contribution is -0.118. The smallest absolute Gasteiger partial charge is 0.233 e. The van der Waals surface area contributed by atoms with E-state index >= 15 is 0 Å². The van der Waals surface area contributed by atoms with Gasteiger partial charge in [-0.1, -0.05) is 0 Å². The summed E-state index contributed by atoms with van der Waals surface area (Å²) in [7, 11) is 0. The molecule has 0 bridgehead atoms. The summed E-state index contributed by atoms with van der Waals surface area (Å²) in [5.41, 5.74) is 1.34. The van der Waals surface area contributed by atoms with Crippen LogP contribution in [0.3, 0.4) is 0 Å². The van der Waals surface area contributed by atoms with E-state index in [1.54, 1.807) is 23.8 Å². The third-order valence-corrected chi connectivity index (χ3v) is 5.06. The third-order valence-electron chi connectivity index (χ3n) is 4.15. The van der Waals surface area contributed by atoms with Gasteiger partial charge in [0.15, 0.2) is 10.8 Å². The van der Waals surface area contributed by atoms with Gasteiger partial charge in [-0.15, -0.1) is 11.3 Å². The fraction of sp³-hybridized carbons (Fsp3) is 0.222. The molecule has 4 nitrogen and oxygen atoms in total. The number of aromatic nitrogens is 1. The largest absolute Gasteiger partial charge is 0.462 e. The van der Waals surface area contributed by atoms with Gasteiger partial charge in [-0.25, -0.2) is 13.8 Å². The average Bonchev–Trinajstić information content (AvgIpc) is 3.25. The Balaban J connectivity index is 1.57. The van der Waals surface area contributed by atoms with Crippen LogP contribution in [0.4, 0.5) is 14.5 Å². The Kier molecular flexibility index (Phi) is 4.09. The molecule has 3 heterocycles. The molecule has 2 aromatic heterocycles. The molecule has 0 radical (unpaired) electrons. The first-order chi connectivity index (χ1) is 12.1. The van der Waals surface area contributed by atoms with E-state index in [-0.39, 0.29) is 12.3 Å². The lowest BCUT2D eigenvalue weighted by atomic mass is 10.0. The zero-order valence-electron chi connectivity index (χ0n) is 13.2. The minimum absolute atomic E-state index is 0.0782. The van der Waals surface area contributed by atoms with E-state index in [1.165, 1.54) is 22.3 Å². The Morgan fingerprint density at radius 3 is 3.04 bits per heavy atom. The number of halogens is 2. The second-order valence-electron chi connectivity index (χ2n) is 5.83. The Hall–Kier alpha value is -2.54. The molecular formula is C18H14F2N2O2S. The lowest BCUT2D eigenvalue weighted by Crippen LogP contribution is -2.37. The normalized spacial score (nSPS) is 13.8. The third kappa shape index (κ3) is 3.07. The molecule has 1 aliphatic heterocycles. The highest BCUT2D eigenvalue weighted by Gasteiger charge is 2.26. The Morgan fingerprint density at radius 1 is 1.36 bits per heavy atom.